The van der Waals surface area contributed by atoms with Crippen molar-refractivity contribution in [2.24, 2.45) is 17.8 Å². The summed E-state index contributed by atoms with van der Waals surface area (Å²) in [7, 11) is 0. The van der Waals surface area contributed by atoms with Gasteiger partial charge in [-0.1, -0.05) is 27.7 Å². The molecule has 0 aliphatic heterocycles. The van der Waals surface area contributed by atoms with E-state index in [-0.39, 0.29) is 17.4 Å². The molecular weight excluding hydrogens is 242 g/mol. The summed E-state index contributed by atoms with van der Waals surface area (Å²) in [6.07, 6.45) is 0. The van der Waals surface area contributed by atoms with Crippen molar-refractivity contribution in [2.75, 3.05) is 6.54 Å². The minimum Gasteiger partial charge on any atom is -0.504 e. The highest BCUT2D eigenvalue weighted by Crippen LogP contribution is 2.25. The fourth-order valence-corrected chi connectivity index (χ4v) is 2.22. The second-order valence-electron chi connectivity index (χ2n) is 5.57. The molecule has 0 aliphatic carbocycles. The Bertz CT molecular complexity index is 433. The number of hydrogen-bond acceptors (Lipinski definition) is 3. The van der Waals surface area contributed by atoms with Gasteiger partial charge in [-0.25, -0.2) is 0 Å². The number of carbonyl (C=O) groups excluding carboxylic acids is 1. The van der Waals surface area contributed by atoms with Gasteiger partial charge in [0.05, 0.1) is 0 Å². The molecule has 19 heavy (non-hydrogen) atoms. The Morgan fingerprint density at radius 2 is 1.68 bits per heavy atom. The lowest BCUT2D eigenvalue weighted by atomic mass is 9.85. The summed E-state index contributed by atoms with van der Waals surface area (Å²) in [6.45, 7) is 9.18. The fourth-order valence-electron chi connectivity index (χ4n) is 2.22. The van der Waals surface area contributed by atoms with Crippen LogP contribution >= 0.6 is 0 Å². The second kappa shape index (κ2) is 6.45. The minimum atomic E-state index is -0.281. The molecule has 0 saturated carbocycles. The number of benzene rings is 1. The van der Waals surface area contributed by atoms with Crippen LogP contribution in [0.2, 0.25) is 0 Å². The Morgan fingerprint density at radius 3 is 2.16 bits per heavy atom. The first kappa shape index (κ1) is 15.3. The Labute approximate surface area is 114 Å². The van der Waals surface area contributed by atoms with E-state index in [1.807, 2.05) is 0 Å². The molecule has 0 spiro atoms. The number of carbonyl (C=O) groups is 1. The van der Waals surface area contributed by atoms with Crippen molar-refractivity contribution in [3.8, 4) is 11.5 Å². The van der Waals surface area contributed by atoms with Crippen molar-refractivity contribution in [3.05, 3.63) is 23.8 Å². The van der Waals surface area contributed by atoms with Crippen LogP contribution < -0.4 is 5.32 Å². The molecule has 0 aromatic heterocycles. The van der Waals surface area contributed by atoms with Crippen molar-refractivity contribution in [2.45, 2.75) is 27.7 Å². The number of aromatic hydroxyl groups is 2. The molecule has 1 rings (SSSR count). The quantitative estimate of drug-likeness (QED) is 0.717. The van der Waals surface area contributed by atoms with Gasteiger partial charge in [0, 0.05) is 12.1 Å². The van der Waals surface area contributed by atoms with Gasteiger partial charge in [0.15, 0.2) is 11.5 Å². The molecule has 0 saturated heterocycles. The summed E-state index contributed by atoms with van der Waals surface area (Å²) in [5.74, 6) is 0.661. The van der Waals surface area contributed by atoms with Gasteiger partial charge in [-0.15, -0.1) is 0 Å². The van der Waals surface area contributed by atoms with E-state index >= 15 is 0 Å². The van der Waals surface area contributed by atoms with E-state index in [0.29, 0.717) is 29.9 Å². The lowest BCUT2D eigenvalue weighted by Gasteiger charge is -2.25. The SMILES string of the molecule is CC(C)C(CNC(=O)c1ccc(O)c(O)c1)C(C)C. The van der Waals surface area contributed by atoms with Crippen molar-refractivity contribution < 1.29 is 15.0 Å². The zero-order chi connectivity index (χ0) is 14.6. The van der Waals surface area contributed by atoms with Crippen molar-refractivity contribution >= 4 is 5.91 Å². The summed E-state index contributed by atoms with van der Waals surface area (Å²) >= 11 is 0. The monoisotopic (exact) mass is 265 g/mol. The number of nitrogens with one attached hydrogen (secondary N) is 1. The van der Waals surface area contributed by atoms with Gasteiger partial charge in [-0.05, 0) is 36.0 Å². The first-order chi connectivity index (χ1) is 8.82. The number of phenols is 2. The Balaban J connectivity index is 2.66. The summed E-state index contributed by atoms with van der Waals surface area (Å²) in [5.41, 5.74) is 0.349. The molecule has 0 heterocycles. The minimum absolute atomic E-state index is 0.223. The molecule has 1 aromatic rings. The molecule has 4 heteroatoms. The topological polar surface area (TPSA) is 69.6 Å². The third kappa shape index (κ3) is 4.16. The smallest absolute Gasteiger partial charge is 0.251 e. The first-order valence-electron chi connectivity index (χ1n) is 6.63. The van der Waals surface area contributed by atoms with E-state index in [4.69, 9.17) is 0 Å². The van der Waals surface area contributed by atoms with E-state index in [1.165, 1.54) is 18.2 Å². The third-order valence-corrected chi connectivity index (χ3v) is 3.45. The molecule has 0 radical (unpaired) electrons. The Kier molecular flexibility index (Phi) is 5.21. The molecule has 0 fully saturated rings. The lowest BCUT2D eigenvalue weighted by molar-refractivity contribution is 0.0936. The van der Waals surface area contributed by atoms with Crippen LogP contribution in [0.1, 0.15) is 38.1 Å². The lowest BCUT2D eigenvalue weighted by Crippen LogP contribution is -2.33. The summed E-state index contributed by atoms with van der Waals surface area (Å²) in [4.78, 5) is 12.0. The third-order valence-electron chi connectivity index (χ3n) is 3.45. The average molecular weight is 265 g/mol. The molecule has 4 nitrogen and oxygen atoms in total. The average Bonchev–Trinajstić information content (AvgIpc) is 2.31. The van der Waals surface area contributed by atoms with Crippen LogP contribution in [0, 0.1) is 17.8 Å². The van der Waals surface area contributed by atoms with Gasteiger partial charge in [0.2, 0.25) is 0 Å². The van der Waals surface area contributed by atoms with Crippen LogP contribution in [0.15, 0.2) is 18.2 Å². The molecule has 0 aliphatic rings. The van der Waals surface area contributed by atoms with Crippen LogP contribution in [-0.4, -0.2) is 22.7 Å². The highest BCUT2D eigenvalue weighted by atomic mass is 16.3. The number of amides is 1. The highest BCUT2D eigenvalue weighted by molar-refractivity contribution is 5.94. The highest BCUT2D eigenvalue weighted by Gasteiger charge is 2.18. The van der Waals surface area contributed by atoms with Crippen molar-refractivity contribution in [1.82, 2.24) is 5.32 Å². The van der Waals surface area contributed by atoms with E-state index < -0.39 is 0 Å². The maximum Gasteiger partial charge on any atom is 0.251 e. The molecule has 1 aromatic carbocycles. The molecule has 106 valence electrons. The summed E-state index contributed by atoms with van der Waals surface area (Å²) in [6, 6.07) is 4.07. The number of hydrogen-bond donors (Lipinski definition) is 3. The molecule has 0 bridgehead atoms. The first-order valence-corrected chi connectivity index (χ1v) is 6.63. The van der Waals surface area contributed by atoms with E-state index in [0.717, 1.165) is 0 Å². The second-order valence-corrected chi connectivity index (χ2v) is 5.57. The van der Waals surface area contributed by atoms with Crippen molar-refractivity contribution in [1.29, 1.82) is 0 Å². The van der Waals surface area contributed by atoms with Crippen LogP contribution in [0.25, 0.3) is 0 Å². The van der Waals surface area contributed by atoms with E-state index in [2.05, 4.69) is 33.0 Å². The largest absolute Gasteiger partial charge is 0.504 e. The summed E-state index contributed by atoms with van der Waals surface area (Å²) in [5, 5.41) is 21.5. The van der Waals surface area contributed by atoms with Gasteiger partial charge in [0.25, 0.3) is 5.91 Å². The van der Waals surface area contributed by atoms with Gasteiger partial charge in [0.1, 0.15) is 0 Å². The zero-order valence-corrected chi connectivity index (χ0v) is 12.0. The maximum atomic E-state index is 12.0. The Hall–Kier alpha value is -1.71. The van der Waals surface area contributed by atoms with E-state index in [1.54, 1.807) is 0 Å². The molecule has 1 amide bonds. The summed E-state index contributed by atoms with van der Waals surface area (Å²) < 4.78 is 0. The molecule has 0 unspecified atom stereocenters. The zero-order valence-electron chi connectivity index (χ0n) is 12.0. The molecular formula is C15H23NO3. The molecule has 3 N–H and O–H groups in total. The van der Waals surface area contributed by atoms with Crippen molar-refractivity contribution in [3.63, 3.8) is 0 Å². The van der Waals surface area contributed by atoms with Crippen LogP contribution in [0.4, 0.5) is 0 Å². The van der Waals surface area contributed by atoms with Crippen LogP contribution in [0.3, 0.4) is 0 Å². The van der Waals surface area contributed by atoms with Crippen LogP contribution in [0.5, 0.6) is 11.5 Å². The van der Waals surface area contributed by atoms with Gasteiger partial charge < -0.3 is 15.5 Å². The number of rotatable bonds is 5. The number of phenolic OH excluding ortho intramolecular Hbond substituents is 2. The molecule has 0 atom stereocenters. The Morgan fingerprint density at radius 1 is 1.11 bits per heavy atom. The normalized spacial score (nSPS) is 11.3. The van der Waals surface area contributed by atoms with Gasteiger partial charge in [-0.3, -0.25) is 4.79 Å². The van der Waals surface area contributed by atoms with E-state index in [9.17, 15) is 15.0 Å². The predicted molar refractivity (Wildman–Crippen MR) is 75.3 cm³/mol. The maximum absolute atomic E-state index is 12.0. The predicted octanol–water partition coefficient (Wildman–Crippen LogP) is 2.76. The fraction of sp³-hybridized carbons (Fsp3) is 0.533. The van der Waals surface area contributed by atoms with Gasteiger partial charge in [-0.2, -0.15) is 0 Å². The van der Waals surface area contributed by atoms with Gasteiger partial charge >= 0.3 is 0 Å². The van der Waals surface area contributed by atoms with Crippen LogP contribution in [-0.2, 0) is 0 Å². The standard InChI is InChI=1S/C15H23NO3/c1-9(2)12(10(3)4)8-16-15(19)11-5-6-13(17)14(18)7-11/h5-7,9-10,12,17-18H,8H2,1-4H3,(H,16,19).